The lowest BCUT2D eigenvalue weighted by molar-refractivity contribution is -0.118. The topological polar surface area (TPSA) is 43.1 Å². The third-order valence-corrected chi connectivity index (χ3v) is 2.81. The number of Topliss-reactive ketones (excluding diaryl/α,β-unsaturated/α-hetero) is 1. The summed E-state index contributed by atoms with van der Waals surface area (Å²) < 4.78 is 13.1. The van der Waals surface area contributed by atoms with Crippen molar-refractivity contribution < 1.29 is 9.18 Å². The van der Waals surface area contributed by atoms with Gasteiger partial charge in [0.1, 0.15) is 11.6 Å². The molecule has 0 aliphatic carbocycles. The van der Waals surface area contributed by atoms with Gasteiger partial charge < -0.3 is 5.73 Å². The van der Waals surface area contributed by atoms with Gasteiger partial charge in [-0.25, -0.2) is 4.39 Å². The predicted molar refractivity (Wildman–Crippen MR) is 67.6 cm³/mol. The molecule has 1 aromatic rings. The molecule has 1 unspecified atom stereocenters. The van der Waals surface area contributed by atoms with Crippen LogP contribution in [0.25, 0.3) is 0 Å². The van der Waals surface area contributed by atoms with E-state index in [2.05, 4.69) is 0 Å². The monoisotopic (exact) mass is 257 g/mol. The molecule has 0 aromatic heterocycles. The van der Waals surface area contributed by atoms with Crippen molar-refractivity contribution in [1.82, 2.24) is 0 Å². The Hall–Kier alpha value is -0.930. The summed E-state index contributed by atoms with van der Waals surface area (Å²) in [5.41, 5.74) is 6.26. The third-order valence-electron chi connectivity index (χ3n) is 2.50. The molecule has 0 bridgehead atoms. The van der Waals surface area contributed by atoms with Crippen LogP contribution in [0, 0.1) is 5.82 Å². The molecule has 17 heavy (non-hydrogen) atoms. The van der Waals surface area contributed by atoms with Gasteiger partial charge in [-0.3, -0.25) is 4.79 Å². The first-order valence-corrected chi connectivity index (χ1v) is 6.08. The van der Waals surface area contributed by atoms with Crippen molar-refractivity contribution in [3.8, 4) is 0 Å². The van der Waals surface area contributed by atoms with Crippen molar-refractivity contribution in [3.05, 3.63) is 34.6 Å². The maximum absolute atomic E-state index is 13.1. The number of benzene rings is 1. The molecule has 1 atom stereocenters. The van der Waals surface area contributed by atoms with Gasteiger partial charge >= 0.3 is 0 Å². The second-order valence-corrected chi connectivity index (χ2v) is 4.74. The van der Waals surface area contributed by atoms with Gasteiger partial charge in [0.15, 0.2) is 0 Å². The van der Waals surface area contributed by atoms with Crippen LogP contribution in [0.15, 0.2) is 18.2 Å². The minimum Gasteiger partial charge on any atom is -0.328 e. The molecule has 0 spiro atoms. The van der Waals surface area contributed by atoms with E-state index in [1.165, 1.54) is 12.1 Å². The summed E-state index contributed by atoms with van der Waals surface area (Å²) in [6.07, 6.45) is 2.37. The zero-order valence-electron chi connectivity index (χ0n) is 9.88. The van der Waals surface area contributed by atoms with Crippen LogP contribution in [0.5, 0.6) is 0 Å². The maximum atomic E-state index is 13.1. The minimum atomic E-state index is -0.479. The number of rotatable bonds is 6. The lowest BCUT2D eigenvalue weighted by atomic mass is 10.0. The van der Waals surface area contributed by atoms with E-state index in [0.717, 1.165) is 12.8 Å². The lowest BCUT2D eigenvalue weighted by Gasteiger charge is -2.05. The zero-order valence-corrected chi connectivity index (χ0v) is 10.6. The Morgan fingerprint density at radius 3 is 2.82 bits per heavy atom. The van der Waals surface area contributed by atoms with Crippen molar-refractivity contribution in [2.75, 3.05) is 0 Å². The Balaban J connectivity index is 2.42. The van der Waals surface area contributed by atoms with Crippen molar-refractivity contribution in [2.24, 2.45) is 5.73 Å². The van der Waals surface area contributed by atoms with E-state index in [1.54, 1.807) is 6.07 Å². The lowest BCUT2D eigenvalue weighted by Crippen LogP contribution is -2.15. The molecule has 0 saturated heterocycles. The summed E-state index contributed by atoms with van der Waals surface area (Å²) in [4.78, 5) is 11.6. The molecule has 0 aliphatic rings. The maximum Gasteiger partial charge on any atom is 0.142 e. The Morgan fingerprint density at radius 2 is 2.24 bits per heavy atom. The average Bonchev–Trinajstić information content (AvgIpc) is 2.23. The van der Waals surface area contributed by atoms with Crippen LogP contribution in [0.2, 0.25) is 5.02 Å². The van der Waals surface area contributed by atoms with Gasteiger partial charge in [0, 0.05) is 18.9 Å². The van der Waals surface area contributed by atoms with Crippen LogP contribution < -0.4 is 5.73 Å². The van der Waals surface area contributed by atoms with E-state index in [4.69, 9.17) is 17.3 Å². The summed E-state index contributed by atoms with van der Waals surface area (Å²) in [6.45, 7) is 1.92. The SMILES string of the molecule is CC(N)CCCC(=O)Cc1ccc(Cl)c(F)c1. The second kappa shape index (κ2) is 6.72. The van der Waals surface area contributed by atoms with Gasteiger partial charge in [0.25, 0.3) is 0 Å². The smallest absolute Gasteiger partial charge is 0.142 e. The normalized spacial score (nSPS) is 12.5. The molecule has 0 radical (unpaired) electrons. The van der Waals surface area contributed by atoms with Crippen molar-refractivity contribution in [3.63, 3.8) is 0 Å². The molecule has 0 heterocycles. The van der Waals surface area contributed by atoms with Crippen molar-refractivity contribution >= 4 is 17.4 Å². The highest BCUT2D eigenvalue weighted by atomic mass is 35.5. The Bertz CT molecular complexity index is 393. The van der Waals surface area contributed by atoms with Crippen LogP contribution in [-0.2, 0) is 11.2 Å². The largest absolute Gasteiger partial charge is 0.328 e. The van der Waals surface area contributed by atoms with Crippen LogP contribution in [0.3, 0.4) is 0 Å². The van der Waals surface area contributed by atoms with E-state index in [-0.39, 0.29) is 23.3 Å². The molecule has 0 saturated carbocycles. The molecule has 4 heteroatoms. The summed E-state index contributed by atoms with van der Waals surface area (Å²) in [5.74, 6) is -0.375. The van der Waals surface area contributed by atoms with Crippen LogP contribution in [-0.4, -0.2) is 11.8 Å². The number of hydrogen-bond acceptors (Lipinski definition) is 2. The van der Waals surface area contributed by atoms with Crippen molar-refractivity contribution in [1.29, 1.82) is 0 Å². The molecule has 1 rings (SSSR count). The average molecular weight is 258 g/mol. The zero-order chi connectivity index (χ0) is 12.8. The van der Waals surface area contributed by atoms with Crippen molar-refractivity contribution in [2.45, 2.75) is 38.6 Å². The van der Waals surface area contributed by atoms with Gasteiger partial charge in [-0.2, -0.15) is 0 Å². The quantitative estimate of drug-likeness (QED) is 0.851. The molecule has 0 amide bonds. The predicted octanol–water partition coefficient (Wildman–Crippen LogP) is 3.11. The number of nitrogens with two attached hydrogens (primary N) is 1. The first-order valence-electron chi connectivity index (χ1n) is 5.70. The van der Waals surface area contributed by atoms with Crippen LogP contribution in [0.4, 0.5) is 4.39 Å². The standard InChI is InChI=1S/C13H17ClFNO/c1-9(16)3-2-4-11(17)7-10-5-6-12(14)13(15)8-10/h5-6,8-9H,2-4,7,16H2,1H3. The van der Waals surface area contributed by atoms with E-state index in [1.807, 2.05) is 6.92 Å². The first-order chi connectivity index (χ1) is 7.99. The highest BCUT2D eigenvalue weighted by Crippen LogP contribution is 2.16. The van der Waals surface area contributed by atoms with Crippen LogP contribution >= 0.6 is 11.6 Å². The highest BCUT2D eigenvalue weighted by molar-refractivity contribution is 6.30. The molecule has 0 fully saturated rings. The molecule has 0 aliphatic heterocycles. The molecule has 2 nitrogen and oxygen atoms in total. The Kier molecular flexibility index (Phi) is 5.59. The van der Waals surface area contributed by atoms with Crippen LogP contribution in [0.1, 0.15) is 31.7 Å². The molecular weight excluding hydrogens is 241 g/mol. The molecule has 2 N–H and O–H groups in total. The van der Waals surface area contributed by atoms with Gasteiger partial charge in [-0.15, -0.1) is 0 Å². The number of halogens is 2. The Labute approximate surface area is 106 Å². The summed E-state index contributed by atoms with van der Waals surface area (Å²) in [7, 11) is 0. The number of carbonyl (C=O) groups is 1. The number of carbonyl (C=O) groups excluding carboxylic acids is 1. The first kappa shape index (κ1) is 14.1. The fourth-order valence-electron chi connectivity index (χ4n) is 1.59. The van der Waals surface area contributed by atoms with E-state index in [0.29, 0.717) is 12.0 Å². The highest BCUT2D eigenvalue weighted by Gasteiger charge is 2.07. The van der Waals surface area contributed by atoms with Gasteiger partial charge in [0.05, 0.1) is 5.02 Å². The molecular formula is C13H17ClFNO. The number of ketones is 1. The molecule has 94 valence electrons. The van der Waals surface area contributed by atoms with Gasteiger partial charge in [-0.05, 0) is 37.5 Å². The van der Waals surface area contributed by atoms with E-state index < -0.39 is 5.82 Å². The summed E-state index contributed by atoms with van der Waals surface area (Å²) >= 11 is 5.56. The minimum absolute atomic E-state index is 0.0816. The summed E-state index contributed by atoms with van der Waals surface area (Å²) in [5, 5.41) is 0.0816. The fraction of sp³-hybridized carbons (Fsp3) is 0.462. The van der Waals surface area contributed by atoms with E-state index in [9.17, 15) is 9.18 Å². The second-order valence-electron chi connectivity index (χ2n) is 4.33. The van der Waals surface area contributed by atoms with Gasteiger partial charge in [0.2, 0.25) is 0 Å². The summed E-state index contributed by atoms with van der Waals surface area (Å²) in [6, 6.07) is 4.58. The number of hydrogen-bond donors (Lipinski definition) is 1. The van der Waals surface area contributed by atoms with Gasteiger partial charge in [-0.1, -0.05) is 17.7 Å². The fourth-order valence-corrected chi connectivity index (χ4v) is 1.70. The Morgan fingerprint density at radius 1 is 1.53 bits per heavy atom. The van der Waals surface area contributed by atoms with E-state index >= 15 is 0 Å². The third kappa shape index (κ3) is 5.29. The molecule has 1 aromatic carbocycles.